The molecule has 0 amide bonds. The lowest BCUT2D eigenvalue weighted by molar-refractivity contribution is 0.836. The number of nitrogens with two attached hydrogens (primary N) is 1. The van der Waals surface area contributed by atoms with E-state index in [9.17, 15) is 0 Å². The lowest BCUT2D eigenvalue weighted by Crippen LogP contribution is -1.99. The summed E-state index contributed by atoms with van der Waals surface area (Å²) < 4.78 is 2.06. The number of hydrogen-bond acceptors (Lipinski definition) is 5. The highest BCUT2D eigenvalue weighted by Gasteiger charge is 2.09. The van der Waals surface area contributed by atoms with Gasteiger partial charge in [-0.25, -0.2) is 9.97 Å². The van der Waals surface area contributed by atoms with Gasteiger partial charge in [-0.1, -0.05) is 0 Å². The fraction of sp³-hybridized carbons (Fsp3) is 0.182. The summed E-state index contributed by atoms with van der Waals surface area (Å²) in [7, 11) is 2.00. The number of nitrogen functional groups attached to an aromatic ring is 1. The third-order valence-electron chi connectivity index (χ3n) is 2.68. The Morgan fingerprint density at radius 2 is 2.29 bits per heavy atom. The summed E-state index contributed by atoms with van der Waals surface area (Å²) in [5.74, 6) is 0.971. The predicted octanol–water partition coefficient (Wildman–Crippen LogP) is 1.60. The zero-order chi connectivity index (χ0) is 11.8. The molecule has 3 heterocycles. The van der Waals surface area contributed by atoms with Crippen LogP contribution in [0.25, 0.3) is 11.0 Å². The average molecular weight is 245 g/mol. The number of aromatic nitrogens is 4. The molecule has 0 fully saturated rings. The maximum atomic E-state index is 5.62. The van der Waals surface area contributed by atoms with Crippen LogP contribution in [0.4, 0.5) is 5.13 Å². The number of nitrogens with zero attached hydrogens (tertiary/aromatic N) is 4. The number of hydrogen-bond donors (Lipinski definition) is 1. The van der Waals surface area contributed by atoms with Gasteiger partial charge in [0.2, 0.25) is 0 Å². The molecule has 3 rings (SSSR count). The second-order valence-electron chi connectivity index (χ2n) is 3.81. The molecule has 0 aliphatic rings. The van der Waals surface area contributed by atoms with E-state index in [1.807, 2.05) is 18.5 Å². The molecule has 0 atom stereocenters. The molecule has 0 saturated heterocycles. The summed E-state index contributed by atoms with van der Waals surface area (Å²) in [6.07, 6.45) is 4.24. The Labute approximate surface area is 102 Å². The van der Waals surface area contributed by atoms with Crippen LogP contribution in [0.3, 0.4) is 0 Å². The van der Waals surface area contributed by atoms with Gasteiger partial charge in [0.25, 0.3) is 0 Å². The van der Waals surface area contributed by atoms with Crippen molar-refractivity contribution in [1.29, 1.82) is 0 Å². The summed E-state index contributed by atoms with van der Waals surface area (Å²) in [4.78, 5) is 12.9. The van der Waals surface area contributed by atoms with Gasteiger partial charge in [-0.2, -0.15) is 0 Å². The third kappa shape index (κ3) is 1.76. The van der Waals surface area contributed by atoms with E-state index in [2.05, 4.69) is 19.5 Å². The molecular weight excluding hydrogens is 234 g/mol. The van der Waals surface area contributed by atoms with E-state index in [1.54, 1.807) is 12.4 Å². The first kappa shape index (κ1) is 10.2. The Morgan fingerprint density at radius 3 is 3.00 bits per heavy atom. The summed E-state index contributed by atoms with van der Waals surface area (Å²) in [5.41, 5.74) is 8.56. The molecule has 0 radical (unpaired) electrons. The minimum absolute atomic E-state index is 0.598. The fourth-order valence-electron chi connectivity index (χ4n) is 1.83. The van der Waals surface area contributed by atoms with Crippen LogP contribution in [-0.2, 0) is 13.5 Å². The zero-order valence-corrected chi connectivity index (χ0v) is 10.1. The standard InChI is InChI=1S/C11H11N5S/c1-16-9-2-3-13-5-8(9)15-10(16)4-7-6-17-11(12)14-7/h2-3,5-6H,4H2,1H3,(H2,12,14). The Balaban J connectivity index is 2.03. The molecule has 3 aromatic heterocycles. The maximum absolute atomic E-state index is 5.62. The second-order valence-corrected chi connectivity index (χ2v) is 4.69. The van der Waals surface area contributed by atoms with E-state index in [0.29, 0.717) is 11.6 Å². The van der Waals surface area contributed by atoms with Crippen molar-refractivity contribution in [3.63, 3.8) is 0 Å². The number of imidazole rings is 1. The molecule has 0 aromatic carbocycles. The smallest absolute Gasteiger partial charge is 0.180 e. The fourth-order valence-corrected chi connectivity index (χ4v) is 2.39. The first-order chi connectivity index (χ1) is 8.24. The van der Waals surface area contributed by atoms with Gasteiger partial charge in [0.15, 0.2) is 5.13 Å². The Hall–Kier alpha value is -1.95. The van der Waals surface area contributed by atoms with Gasteiger partial charge < -0.3 is 10.3 Å². The molecule has 17 heavy (non-hydrogen) atoms. The van der Waals surface area contributed by atoms with Crippen molar-refractivity contribution >= 4 is 27.5 Å². The van der Waals surface area contributed by atoms with Crippen molar-refractivity contribution in [2.24, 2.45) is 7.05 Å². The van der Waals surface area contributed by atoms with Crippen LogP contribution in [0, 0.1) is 0 Å². The highest BCUT2D eigenvalue weighted by atomic mass is 32.1. The van der Waals surface area contributed by atoms with Crippen molar-refractivity contribution in [3.8, 4) is 0 Å². The van der Waals surface area contributed by atoms with Gasteiger partial charge >= 0.3 is 0 Å². The van der Waals surface area contributed by atoms with Gasteiger partial charge in [-0.05, 0) is 6.07 Å². The molecule has 6 heteroatoms. The van der Waals surface area contributed by atoms with E-state index < -0.39 is 0 Å². The lowest BCUT2D eigenvalue weighted by Gasteiger charge is -1.99. The molecule has 0 bridgehead atoms. The van der Waals surface area contributed by atoms with Gasteiger partial charge in [0.1, 0.15) is 11.3 Å². The molecular formula is C11H11N5S. The molecule has 0 spiro atoms. The molecule has 86 valence electrons. The highest BCUT2D eigenvalue weighted by Crippen LogP contribution is 2.18. The predicted molar refractivity (Wildman–Crippen MR) is 67.8 cm³/mol. The van der Waals surface area contributed by atoms with E-state index in [4.69, 9.17) is 5.73 Å². The van der Waals surface area contributed by atoms with Gasteiger partial charge in [0, 0.05) is 25.0 Å². The monoisotopic (exact) mass is 245 g/mol. The Morgan fingerprint density at radius 1 is 1.41 bits per heavy atom. The molecule has 0 saturated carbocycles. The van der Waals surface area contributed by atoms with Gasteiger partial charge in [-0.3, -0.25) is 4.98 Å². The normalized spacial score (nSPS) is 11.1. The van der Waals surface area contributed by atoms with Crippen LogP contribution < -0.4 is 5.73 Å². The van der Waals surface area contributed by atoms with Crippen molar-refractivity contribution < 1.29 is 0 Å². The van der Waals surface area contributed by atoms with Crippen LogP contribution in [0.15, 0.2) is 23.8 Å². The summed E-state index contributed by atoms with van der Waals surface area (Å²) in [6, 6.07) is 1.96. The molecule has 0 unspecified atom stereocenters. The van der Waals surface area contributed by atoms with Crippen molar-refractivity contribution in [2.45, 2.75) is 6.42 Å². The summed E-state index contributed by atoms with van der Waals surface area (Å²) >= 11 is 1.45. The number of pyridine rings is 1. The SMILES string of the molecule is Cn1c(Cc2csc(N)n2)nc2cnccc21. The Bertz CT molecular complexity index is 669. The van der Waals surface area contributed by atoms with E-state index in [0.717, 1.165) is 22.6 Å². The largest absolute Gasteiger partial charge is 0.375 e. The number of rotatable bonds is 2. The minimum atomic E-state index is 0.598. The zero-order valence-electron chi connectivity index (χ0n) is 9.29. The number of aryl methyl sites for hydroxylation is 1. The van der Waals surface area contributed by atoms with Crippen LogP contribution in [0.1, 0.15) is 11.5 Å². The number of fused-ring (bicyclic) bond motifs is 1. The second kappa shape index (κ2) is 3.81. The van der Waals surface area contributed by atoms with E-state index in [1.165, 1.54) is 11.3 Å². The van der Waals surface area contributed by atoms with Gasteiger partial charge in [-0.15, -0.1) is 11.3 Å². The topological polar surface area (TPSA) is 69.6 Å². The van der Waals surface area contributed by atoms with Crippen LogP contribution in [-0.4, -0.2) is 19.5 Å². The average Bonchev–Trinajstić information content (AvgIpc) is 2.86. The minimum Gasteiger partial charge on any atom is -0.375 e. The van der Waals surface area contributed by atoms with Gasteiger partial charge in [0.05, 0.1) is 17.4 Å². The van der Waals surface area contributed by atoms with Crippen LogP contribution in [0.2, 0.25) is 0 Å². The van der Waals surface area contributed by atoms with E-state index >= 15 is 0 Å². The first-order valence-corrected chi connectivity index (χ1v) is 6.07. The van der Waals surface area contributed by atoms with Crippen molar-refractivity contribution in [3.05, 3.63) is 35.4 Å². The van der Waals surface area contributed by atoms with Crippen LogP contribution in [0.5, 0.6) is 0 Å². The number of anilines is 1. The van der Waals surface area contributed by atoms with Crippen molar-refractivity contribution in [1.82, 2.24) is 19.5 Å². The molecule has 3 aromatic rings. The summed E-state index contributed by atoms with van der Waals surface area (Å²) in [5, 5.41) is 2.56. The third-order valence-corrected chi connectivity index (χ3v) is 3.41. The molecule has 0 aliphatic carbocycles. The summed E-state index contributed by atoms with van der Waals surface area (Å²) in [6.45, 7) is 0. The molecule has 5 nitrogen and oxygen atoms in total. The molecule has 2 N–H and O–H groups in total. The van der Waals surface area contributed by atoms with Crippen LogP contribution >= 0.6 is 11.3 Å². The lowest BCUT2D eigenvalue weighted by atomic mass is 10.3. The number of thiazole rings is 1. The first-order valence-electron chi connectivity index (χ1n) is 5.19. The maximum Gasteiger partial charge on any atom is 0.180 e. The van der Waals surface area contributed by atoms with E-state index in [-0.39, 0.29) is 0 Å². The van der Waals surface area contributed by atoms with Crippen molar-refractivity contribution in [2.75, 3.05) is 5.73 Å². The Kier molecular flexibility index (Phi) is 2.29. The molecule has 0 aliphatic heterocycles. The quantitative estimate of drug-likeness (QED) is 0.744. The highest BCUT2D eigenvalue weighted by molar-refractivity contribution is 7.13.